The number of amides is 1. The van der Waals surface area contributed by atoms with Gasteiger partial charge in [-0.25, -0.2) is 18.0 Å². The minimum Gasteiger partial charge on any atom is -0.456 e. The zero-order valence-corrected chi connectivity index (χ0v) is 37.8. The Balaban J connectivity index is 1.43. The third kappa shape index (κ3) is 8.06. The number of nitrogens with one attached hydrogen (secondary N) is 1. The van der Waals surface area contributed by atoms with Gasteiger partial charge in [0.15, 0.2) is 33.4 Å². The van der Waals surface area contributed by atoms with Crippen molar-refractivity contribution < 1.29 is 71.1 Å². The van der Waals surface area contributed by atoms with E-state index in [0.29, 0.717) is 5.56 Å². The van der Waals surface area contributed by atoms with Crippen molar-refractivity contribution in [1.29, 1.82) is 0 Å². The number of ketones is 1. The average molecular weight is 916 g/mol. The van der Waals surface area contributed by atoms with E-state index in [-0.39, 0.29) is 28.7 Å². The number of rotatable bonds is 11. The molecule has 0 aromatic heterocycles. The van der Waals surface area contributed by atoms with Crippen LogP contribution in [-0.4, -0.2) is 114 Å². The lowest BCUT2D eigenvalue weighted by atomic mass is 9.45. The number of ether oxygens (including phenoxy) is 5. The maximum atomic E-state index is 15.8. The maximum absolute atomic E-state index is 15.8. The van der Waals surface area contributed by atoms with Gasteiger partial charge in [-0.3, -0.25) is 19.2 Å². The molecule has 1 amide bonds. The van der Waals surface area contributed by atoms with E-state index >= 15 is 4.79 Å². The number of carbonyl (C=O) groups is 6. The smallest absolute Gasteiger partial charge is 0.338 e. The number of hydrogen-bond donors (Lipinski definition) is 3. The lowest BCUT2D eigenvalue weighted by molar-refractivity contribution is -0.331. The van der Waals surface area contributed by atoms with E-state index in [4.69, 9.17) is 23.7 Å². The Morgan fingerprint density at radius 2 is 1.40 bits per heavy atom. The second-order valence-corrected chi connectivity index (χ2v) is 20.4. The minimum absolute atomic E-state index is 0.0126. The van der Waals surface area contributed by atoms with Gasteiger partial charge in [-0.05, 0) is 54.3 Å². The Labute approximate surface area is 376 Å². The van der Waals surface area contributed by atoms with Crippen LogP contribution in [0.15, 0.2) is 102 Å². The summed E-state index contributed by atoms with van der Waals surface area (Å²) in [4.78, 5) is 84.3. The van der Waals surface area contributed by atoms with Crippen LogP contribution in [0, 0.1) is 16.7 Å². The van der Waals surface area contributed by atoms with E-state index in [1.807, 2.05) is 0 Å². The van der Waals surface area contributed by atoms with Crippen LogP contribution < -0.4 is 5.32 Å². The Morgan fingerprint density at radius 1 is 0.831 bits per heavy atom. The van der Waals surface area contributed by atoms with Gasteiger partial charge in [0.05, 0.1) is 34.8 Å². The Hall–Kier alpha value is -5.75. The standard InChI is InChI=1S/C48H53NO15S/c1-26-32(62-44(56)37(52)36(29-17-11-8-12-18-29)49-42(54)30-19-13-9-14-20-30)24-48(57)41(63-43(55)31-21-15-10-16-22-31)39-46(6,40(53)38(61-27(2)50)35(26)45(48,4)5)34(65(7,58)59)23-33-47(39,25-60-33)64-28(3)51/h8-22,32-34,36-39,41,52,57H,23-25H2,1-7H3,(H,49,54)/t32?,33?,34?,36?,37?,38?,39?,41?,46-,47?,48?/m1/s1. The molecule has 10 unspecified atom stereocenters. The quantitative estimate of drug-likeness (QED) is 0.141. The van der Waals surface area contributed by atoms with Crippen LogP contribution in [0.1, 0.15) is 86.7 Å². The fraction of sp³-hybridized carbons (Fsp3) is 0.458. The van der Waals surface area contributed by atoms with E-state index in [2.05, 4.69) is 5.32 Å². The fourth-order valence-corrected chi connectivity index (χ4v) is 12.5. The number of aliphatic hydroxyl groups is 2. The molecular weight excluding hydrogens is 863 g/mol. The first kappa shape index (κ1) is 47.2. The lowest BCUT2D eigenvalue weighted by Crippen LogP contribution is -2.82. The molecule has 346 valence electrons. The first-order valence-electron chi connectivity index (χ1n) is 21.2. The van der Waals surface area contributed by atoms with Crippen molar-refractivity contribution in [3.8, 4) is 0 Å². The molecule has 0 spiro atoms. The summed E-state index contributed by atoms with van der Waals surface area (Å²) in [6, 6.07) is 22.6. The van der Waals surface area contributed by atoms with Gasteiger partial charge in [-0.1, -0.05) is 87.5 Å². The van der Waals surface area contributed by atoms with Crippen molar-refractivity contribution in [2.24, 2.45) is 16.7 Å². The number of aliphatic hydroxyl groups excluding tert-OH is 1. The molecular formula is C48H53NO15S. The summed E-state index contributed by atoms with van der Waals surface area (Å²) in [6.07, 6.45) is -8.78. The topological polar surface area (TPSA) is 235 Å². The highest BCUT2D eigenvalue weighted by atomic mass is 32.2. The number of hydrogen-bond acceptors (Lipinski definition) is 15. The summed E-state index contributed by atoms with van der Waals surface area (Å²) in [7, 11) is -4.28. The molecule has 1 saturated heterocycles. The second-order valence-electron chi connectivity index (χ2n) is 18.2. The molecule has 3 N–H and O–H groups in total. The van der Waals surface area contributed by atoms with Gasteiger partial charge < -0.3 is 39.2 Å². The van der Waals surface area contributed by atoms with Crippen LogP contribution in [0.4, 0.5) is 0 Å². The molecule has 7 rings (SSSR count). The molecule has 3 aromatic rings. The predicted octanol–water partition coefficient (Wildman–Crippen LogP) is 3.79. The van der Waals surface area contributed by atoms with E-state index in [1.54, 1.807) is 78.9 Å². The van der Waals surface area contributed by atoms with Gasteiger partial charge in [0.25, 0.3) is 5.91 Å². The highest BCUT2D eigenvalue weighted by Crippen LogP contribution is 2.65. The Morgan fingerprint density at radius 3 is 1.92 bits per heavy atom. The summed E-state index contributed by atoms with van der Waals surface area (Å²) in [5, 5.41) is 26.7. The number of esters is 4. The minimum atomic E-state index is -4.28. The highest BCUT2D eigenvalue weighted by molar-refractivity contribution is 7.91. The molecule has 16 nitrogen and oxygen atoms in total. The van der Waals surface area contributed by atoms with E-state index in [9.17, 15) is 42.6 Å². The lowest BCUT2D eigenvalue weighted by Gasteiger charge is -2.67. The third-order valence-electron chi connectivity index (χ3n) is 14.0. The van der Waals surface area contributed by atoms with Gasteiger partial charge >= 0.3 is 23.9 Å². The number of benzene rings is 3. The monoisotopic (exact) mass is 915 g/mol. The van der Waals surface area contributed by atoms with Crippen molar-refractivity contribution in [3.63, 3.8) is 0 Å². The molecule has 3 aromatic carbocycles. The summed E-state index contributed by atoms with van der Waals surface area (Å²) >= 11 is 0. The first-order valence-corrected chi connectivity index (χ1v) is 23.1. The average Bonchev–Trinajstić information content (AvgIpc) is 3.24. The fourth-order valence-electron chi connectivity index (χ4n) is 10.8. The van der Waals surface area contributed by atoms with Crippen LogP contribution in [0.25, 0.3) is 0 Å². The molecule has 4 aliphatic rings. The van der Waals surface area contributed by atoms with Gasteiger partial charge in [-0.2, -0.15) is 0 Å². The van der Waals surface area contributed by atoms with E-state index < -0.39 is 128 Å². The molecule has 17 heteroatoms. The van der Waals surface area contributed by atoms with Crippen LogP contribution in [-0.2, 0) is 52.7 Å². The Bertz CT molecular complexity index is 2530. The molecule has 3 fully saturated rings. The predicted molar refractivity (Wildman–Crippen MR) is 230 cm³/mol. The van der Waals surface area contributed by atoms with Crippen molar-refractivity contribution in [3.05, 3.63) is 119 Å². The van der Waals surface area contributed by atoms with E-state index in [0.717, 1.165) is 20.1 Å². The molecule has 2 bridgehead atoms. The van der Waals surface area contributed by atoms with Crippen molar-refractivity contribution in [1.82, 2.24) is 5.32 Å². The van der Waals surface area contributed by atoms with E-state index in [1.165, 1.54) is 39.8 Å². The Kier molecular flexibility index (Phi) is 12.5. The molecule has 1 aliphatic heterocycles. The number of sulfone groups is 1. The summed E-state index contributed by atoms with van der Waals surface area (Å²) in [5.74, 6) is -7.39. The van der Waals surface area contributed by atoms with Crippen LogP contribution in [0.5, 0.6) is 0 Å². The summed E-state index contributed by atoms with van der Waals surface area (Å²) < 4.78 is 58.5. The van der Waals surface area contributed by atoms with Crippen LogP contribution >= 0.6 is 0 Å². The van der Waals surface area contributed by atoms with Crippen LogP contribution in [0.2, 0.25) is 0 Å². The first-order chi connectivity index (χ1) is 30.5. The maximum Gasteiger partial charge on any atom is 0.338 e. The van der Waals surface area contributed by atoms with Crippen molar-refractivity contribution in [2.75, 3.05) is 12.9 Å². The largest absolute Gasteiger partial charge is 0.456 e. The second kappa shape index (κ2) is 17.2. The van der Waals surface area contributed by atoms with Gasteiger partial charge in [0.2, 0.25) is 0 Å². The molecule has 65 heavy (non-hydrogen) atoms. The molecule has 3 aliphatic carbocycles. The highest BCUT2D eigenvalue weighted by Gasteiger charge is 2.79. The molecule has 11 atom stereocenters. The summed E-state index contributed by atoms with van der Waals surface area (Å²) in [5.41, 5.74) is -7.81. The molecule has 1 heterocycles. The van der Waals surface area contributed by atoms with Gasteiger partial charge in [0.1, 0.15) is 23.9 Å². The van der Waals surface area contributed by atoms with Crippen LogP contribution in [0.3, 0.4) is 0 Å². The number of carbonyl (C=O) groups excluding carboxylic acids is 6. The van der Waals surface area contributed by atoms with Gasteiger partial charge in [0, 0.05) is 37.5 Å². The van der Waals surface area contributed by atoms with Gasteiger partial charge in [-0.15, -0.1) is 0 Å². The summed E-state index contributed by atoms with van der Waals surface area (Å²) in [6.45, 7) is 7.58. The molecule has 0 radical (unpaired) electrons. The SMILES string of the molecule is CC(=O)OC1C(=O)[C@@]2(C)C(C(OC(=O)c3ccccc3)C3(O)CC(OC(=O)C(O)C(NC(=O)c4ccccc4)c4ccccc4)C(C)=C1C3(C)C)C1(OC(C)=O)COC1CC2S(C)(=O)=O. The zero-order chi connectivity index (χ0) is 47.4. The van der Waals surface area contributed by atoms with Crippen molar-refractivity contribution in [2.45, 2.75) is 107 Å². The molecule has 2 saturated carbocycles. The zero-order valence-electron chi connectivity index (χ0n) is 37.0. The third-order valence-corrected chi connectivity index (χ3v) is 15.7. The number of fused-ring (bicyclic) bond motifs is 5. The van der Waals surface area contributed by atoms with Crippen molar-refractivity contribution >= 4 is 45.4 Å². The number of Topliss-reactive ketones (excluding diaryl/α,β-unsaturated/α-hetero) is 1. The normalized spacial score (nSPS) is 31.2.